The highest BCUT2D eigenvalue weighted by molar-refractivity contribution is 7.90. The monoisotopic (exact) mass is 517 g/mol. The van der Waals surface area contributed by atoms with E-state index in [1.807, 2.05) is 0 Å². The minimum absolute atomic E-state index is 0.0136. The highest BCUT2D eigenvalue weighted by atomic mass is 35.5. The molecular weight excluding hydrogens is 500 g/mol. The largest absolute Gasteiger partial charge is 0.487 e. The molecule has 0 saturated heterocycles. The van der Waals surface area contributed by atoms with Crippen LogP contribution in [0.25, 0.3) is 5.69 Å². The van der Waals surface area contributed by atoms with E-state index < -0.39 is 27.4 Å². The number of amides is 1. The fraction of sp³-hybridized carbons (Fsp3) is 0.0833. The third-order valence-electron chi connectivity index (χ3n) is 4.86. The Kier molecular flexibility index (Phi) is 6.86. The molecule has 4 rings (SSSR count). The summed E-state index contributed by atoms with van der Waals surface area (Å²) >= 11 is 5.98. The van der Waals surface area contributed by atoms with Gasteiger partial charge in [-0.25, -0.2) is 21.9 Å². The van der Waals surface area contributed by atoms with Gasteiger partial charge in [0.25, 0.3) is 5.91 Å². The third kappa shape index (κ3) is 5.84. The number of anilines is 1. The number of nitrogens with zero attached hydrogens (tertiary/aromatic N) is 2. The van der Waals surface area contributed by atoms with Crippen molar-refractivity contribution < 1.29 is 26.7 Å². The van der Waals surface area contributed by atoms with Crippen LogP contribution in [0.15, 0.2) is 78.0 Å². The number of benzene rings is 3. The fourth-order valence-corrected chi connectivity index (χ4v) is 4.22. The van der Waals surface area contributed by atoms with E-state index in [1.54, 1.807) is 6.07 Å². The van der Waals surface area contributed by atoms with Gasteiger partial charge in [0.15, 0.2) is 15.7 Å². The van der Waals surface area contributed by atoms with Crippen LogP contribution >= 0.6 is 11.6 Å². The van der Waals surface area contributed by atoms with E-state index in [9.17, 15) is 22.0 Å². The Labute approximate surface area is 204 Å². The van der Waals surface area contributed by atoms with Gasteiger partial charge in [-0.05, 0) is 48.0 Å². The number of carbonyl (C=O) groups excluding carboxylic acids is 1. The van der Waals surface area contributed by atoms with Crippen LogP contribution in [0.1, 0.15) is 15.9 Å². The highest BCUT2D eigenvalue weighted by Crippen LogP contribution is 2.27. The average molecular weight is 518 g/mol. The Morgan fingerprint density at radius 2 is 1.89 bits per heavy atom. The van der Waals surface area contributed by atoms with Crippen molar-refractivity contribution in [2.24, 2.45) is 0 Å². The molecule has 1 N–H and O–H groups in total. The topological polar surface area (TPSA) is 90.3 Å². The molecule has 0 aliphatic rings. The molecule has 11 heteroatoms. The van der Waals surface area contributed by atoms with Gasteiger partial charge in [-0.1, -0.05) is 29.8 Å². The van der Waals surface area contributed by atoms with Gasteiger partial charge in [0.05, 0.1) is 16.7 Å². The lowest BCUT2D eigenvalue weighted by atomic mass is 10.2. The number of halogens is 3. The van der Waals surface area contributed by atoms with Crippen molar-refractivity contribution in [3.05, 3.63) is 101 Å². The molecule has 1 aromatic heterocycles. The van der Waals surface area contributed by atoms with Gasteiger partial charge in [0.1, 0.15) is 23.9 Å². The number of para-hydroxylation sites is 1. The summed E-state index contributed by atoms with van der Waals surface area (Å²) in [6, 6.07) is 14.0. The van der Waals surface area contributed by atoms with E-state index in [0.29, 0.717) is 5.56 Å². The zero-order valence-electron chi connectivity index (χ0n) is 18.2. The van der Waals surface area contributed by atoms with E-state index in [4.69, 9.17) is 16.3 Å². The molecule has 35 heavy (non-hydrogen) atoms. The fourth-order valence-electron chi connectivity index (χ4n) is 3.24. The molecule has 4 aromatic rings. The molecule has 0 aliphatic carbocycles. The normalized spacial score (nSPS) is 11.3. The first kappa shape index (κ1) is 24.4. The summed E-state index contributed by atoms with van der Waals surface area (Å²) in [5.74, 6) is -1.55. The number of carbonyl (C=O) groups is 1. The minimum atomic E-state index is -3.55. The lowest BCUT2D eigenvalue weighted by Crippen LogP contribution is -2.12. The van der Waals surface area contributed by atoms with E-state index in [1.165, 1.54) is 67.0 Å². The molecule has 180 valence electrons. The number of ether oxygens (including phenoxy) is 1. The second-order valence-electron chi connectivity index (χ2n) is 7.58. The maximum atomic E-state index is 14.7. The van der Waals surface area contributed by atoms with Crippen molar-refractivity contribution in [3.8, 4) is 11.4 Å². The Morgan fingerprint density at radius 1 is 1.11 bits per heavy atom. The van der Waals surface area contributed by atoms with Crippen molar-refractivity contribution in [3.63, 3.8) is 0 Å². The molecule has 0 radical (unpaired) electrons. The molecule has 0 aliphatic heterocycles. The molecule has 1 heterocycles. The van der Waals surface area contributed by atoms with Crippen LogP contribution in [-0.4, -0.2) is 30.4 Å². The number of hydrogen-bond acceptors (Lipinski definition) is 5. The summed E-state index contributed by atoms with van der Waals surface area (Å²) in [6.07, 6.45) is 3.54. The number of nitrogens with one attached hydrogen (secondary N) is 1. The Balaban J connectivity index is 1.57. The molecule has 7 nitrogen and oxygen atoms in total. The second-order valence-corrected chi connectivity index (χ2v) is 10.0. The van der Waals surface area contributed by atoms with Gasteiger partial charge < -0.3 is 10.1 Å². The van der Waals surface area contributed by atoms with Gasteiger partial charge in [-0.15, -0.1) is 0 Å². The summed E-state index contributed by atoms with van der Waals surface area (Å²) in [5.41, 5.74) is 0.756. The van der Waals surface area contributed by atoms with Crippen LogP contribution in [0.3, 0.4) is 0 Å². The molecule has 0 unspecified atom stereocenters. The van der Waals surface area contributed by atoms with Gasteiger partial charge in [0.2, 0.25) is 0 Å². The molecular formula is C24H18ClF2N3O4S. The SMILES string of the molecule is CS(=O)(=O)c1cc(Cl)cc(NC(=O)c2cnn(-c3c(F)cccc3OCc3cccc(F)c3)c2)c1. The average Bonchev–Trinajstić information content (AvgIpc) is 3.27. The maximum Gasteiger partial charge on any atom is 0.258 e. The first-order chi connectivity index (χ1) is 16.6. The molecule has 1 amide bonds. The Bertz CT molecular complexity index is 1520. The van der Waals surface area contributed by atoms with Gasteiger partial charge >= 0.3 is 0 Å². The first-order valence-electron chi connectivity index (χ1n) is 10.1. The zero-order chi connectivity index (χ0) is 25.2. The Hall–Kier alpha value is -3.76. The van der Waals surface area contributed by atoms with Gasteiger partial charge in [-0.2, -0.15) is 5.10 Å². The van der Waals surface area contributed by atoms with E-state index in [0.717, 1.165) is 10.9 Å². The van der Waals surface area contributed by atoms with Crippen molar-refractivity contribution in [1.82, 2.24) is 9.78 Å². The van der Waals surface area contributed by atoms with Gasteiger partial charge in [-0.3, -0.25) is 4.79 Å². The van der Waals surface area contributed by atoms with Crippen LogP contribution in [0.4, 0.5) is 14.5 Å². The van der Waals surface area contributed by atoms with E-state index in [2.05, 4.69) is 10.4 Å². The van der Waals surface area contributed by atoms with Crippen LogP contribution < -0.4 is 10.1 Å². The molecule has 0 atom stereocenters. The van der Waals surface area contributed by atoms with Crippen LogP contribution in [0.2, 0.25) is 5.02 Å². The summed E-state index contributed by atoms with van der Waals surface area (Å²) in [7, 11) is -3.55. The minimum Gasteiger partial charge on any atom is -0.487 e. The van der Waals surface area contributed by atoms with Crippen molar-refractivity contribution in [1.29, 1.82) is 0 Å². The third-order valence-corrected chi connectivity index (χ3v) is 6.17. The molecule has 0 fully saturated rings. The number of aromatic nitrogens is 2. The van der Waals surface area contributed by atoms with Crippen LogP contribution in [-0.2, 0) is 16.4 Å². The second kappa shape index (κ2) is 9.85. The van der Waals surface area contributed by atoms with Crippen LogP contribution in [0, 0.1) is 11.6 Å². The number of sulfone groups is 1. The van der Waals surface area contributed by atoms with Gasteiger partial charge in [0, 0.05) is 23.2 Å². The predicted octanol–water partition coefficient (Wildman–Crippen LogP) is 5.04. The maximum absolute atomic E-state index is 14.7. The molecule has 0 spiro atoms. The smallest absolute Gasteiger partial charge is 0.258 e. The molecule has 0 bridgehead atoms. The summed E-state index contributed by atoms with van der Waals surface area (Å²) in [6.45, 7) is -0.0136. The zero-order valence-corrected chi connectivity index (χ0v) is 19.8. The van der Waals surface area contributed by atoms with Crippen molar-refractivity contribution in [2.45, 2.75) is 11.5 Å². The summed E-state index contributed by atoms with van der Waals surface area (Å²) < 4.78 is 58.6. The van der Waals surface area contributed by atoms with E-state index in [-0.39, 0.29) is 39.2 Å². The standard InChI is InChI=1S/C24H18ClF2N3O4S/c1-35(32,33)20-10-17(25)9-19(11-20)29-24(31)16-12-28-30(13-16)23-21(27)6-3-7-22(23)34-14-15-4-2-5-18(26)8-15/h2-13H,14H2,1H3,(H,29,31). The molecule has 3 aromatic carbocycles. The first-order valence-corrected chi connectivity index (χ1v) is 12.4. The van der Waals surface area contributed by atoms with Crippen molar-refractivity contribution in [2.75, 3.05) is 11.6 Å². The highest BCUT2D eigenvalue weighted by Gasteiger charge is 2.17. The number of hydrogen-bond donors (Lipinski definition) is 1. The summed E-state index contributed by atoms with van der Waals surface area (Å²) in [5, 5.41) is 6.75. The molecule has 0 saturated carbocycles. The lowest BCUT2D eigenvalue weighted by Gasteiger charge is -2.12. The van der Waals surface area contributed by atoms with E-state index >= 15 is 0 Å². The predicted molar refractivity (Wildman–Crippen MR) is 127 cm³/mol. The number of rotatable bonds is 7. The van der Waals surface area contributed by atoms with Crippen LogP contribution in [0.5, 0.6) is 5.75 Å². The Morgan fingerprint density at radius 3 is 2.63 bits per heavy atom. The quantitative estimate of drug-likeness (QED) is 0.371. The van der Waals surface area contributed by atoms with Crippen molar-refractivity contribution >= 4 is 33.0 Å². The summed E-state index contributed by atoms with van der Waals surface area (Å²) in [4.78, 5) is 12.7. The lowest BCUT2D eigenvalue weighted by molar-refractivity contribution is 0.102.